The first-order valence-electron chi connectivity index (χ1n) is 9.55. The van der Waals surface area contributed by atoms with Gasteiger partial charge in [-0.05, 0) is 35.9 Å². The molecule has 0 radical (unpaired) electrons. The van der Waals surface area contributed by atoms with Crippen molar-refractivity contribution in [3.63, 3.8) is 0 Å². The second-order valence-corrected chi connectivity index (χ2v) is 7.69. The molecule has 0 unspecified atom stereocenters. The minimum absolute atomic E-state index is 0.340. The van der Waals surface area contributed by atoms with Crippen LogP contribution in [0.5, 0.6) is 5.75 Å². The third kappa shape index (κ3) is 4.58. The summed E-state index contributed by atoms with van der Waals surface area (Å²) >= 11 is 12.2. The molecule has 0 aliphatic heterocycles. The molecule has 31 heavy (non-hydrogen) atoms. The fraction of sp³-hybridized carbons (Fsp3) is 0.0833. The van der Waals surface area contributed by atoms with E-state index in [4.69, 9.17) is 27.9 Å². The standard InChI is InChI=1S/C24H19Cl2N3O2/c1-31-23-9-5-3-7-19(23)24(30)28-27-13-17-15-29(22-8-4-2-6-18(17)22)14-16-10-11-20(25)21(26)12-16/h2-13,15H,14H2,1H3,(H,28,30). The molecule has 7 heteroatoms. The number of carbonyl (C=O) groups excluding carboxylic acids is 1. The molecule has 0 saturated heterocycles. The van der Waals surface area contributed by atoms with Crippen molar-refractivity contribution in [1.29, 1.82) is 0 Å². The van der Waals surface area contributed by atoms with E-state index in [1.165, 1.54) is 7.11 Å². The lowest BCUT2D eigenvalue weighted by Gasteiger charge is -2.06. The molecule has 4 rings (SSSR count). The number of halogens is 2. The van der Waals surface area contributed by atoms with Crippen molar-refractivity contribution in [3.8, 4) is 5.75 Å². The van der Waals surface area contributed by atoms with Crippen molar-refractivity contribution < 1.29 is 9.53 Å². The lowest BCUT2D eigenvalue weighted by atomic mass is 10.2. The summed E-state index contributed by atoms with van der Waals surface area (Å²) < 4.78 is 7.34. The summed E-state index contributed by atoms with van der Waals surface area (Å²) in [6.45, 7) is 0.624. The van der Waals surface area contributed by atoms with Crippen LogP contribution in [0, 0.1) is 0 Å². The molecular formula is C24H19Cl2N3O2. The fourth-order valence-corrected chi connectivity index (χ4v) is 3.72. The Morgan fingerprint density at radius 2 is 1.84 bits per heavy atom. The Morgan fingerprint density at radius 3 is 2.65 bits per heavy atom. The Balaban J connectivity index is 1.58. The number of carbonyl (C=O) groups is 1. The number of benzene rings is 3. The van der Waals surface area contributed by atoms with Gasteiger partial charge in [-0.1, -0.05) is 59.6 Å². The van der Waals surface area contributed by atoms with E-state index < -0.39 is 0 Å². The maximum Gasteiger partial charge on any atom is 0.275 e. The maximum atomic E-state index is 12.5. The lowest BCUT2D eigenvalue weighted by molar-refractivity contribution is 0.0952. The van der Waals surface area contributed by atoms with Gasteiger partial charge >= 0.3 is 0 Å². The van der Waals surface area contributed by atoms with Gasteiger partial charge < -0.3 is 9.30 Å². The third-order valence-electron chi connectivity index (χ3n) is 4.88. The first-order chi connectivity index (χ1) is 15.1. The molecule has 1 N–H and O–H groups in total. The molecule has 156 valence electrons. The lowest BCUT2D eigenvalue weighted by Crippen LogP contribution is -2.18. The van der Waals surface area contributed by atoms with Gasteiger partial charge in [-0.25, -0.2) is 5.43 Å². The molecule has 1 aromatic heterocycles. The highest BCUT2D eigenvalue weighted by Gasteiger charge is 2.11. The molecule has 4 aromatic rings. The number of fused-ring (bicyclic) bond motifs is 1. The topological polar surface area (TPSA) is 55.6 Å². The third-order valence-corrected chi connectivity index (χ3v) is 5.62. The number of para-hydroxylation sites is 2. The SMILES string of the molecule is COc1ccccc1C(=O)NN=Cc1cn(Cc2ccc(Cl)c(Cl)c2)c2ccccc12. The Morgan fingerprint density at radius 1 is 1.06 bits per heavy atom. The number of aromatic nitrogens is 1. The molecule has 0 atom stereocenters. The van der Waals surface area contributed by atoms with Crippen LogP contribution in [0.15, 0.2) is 78.0 Å². The quantitative estimate of drug-likeness (QED) is 0.298. The molecule has 0 aliphatic carbocycles. The van der Waals surface area contributed by atoms with Crippen LogP contribution in [-0.4, -0.2) is 23.8 Å². The Hall–Kier alpha value is -3.28. The van der Waals surface area contributed by atoms with Gasteiger partial charge in [-0.3, -0.25) is 4.79 Å². The van der Waals surface area contributed by atoms with Crippen molar-refractivity contribution in [2.45, 2.75) is 6.54 Å². The summed E-state index contributed by atoms with van der Waals surface area (Å²) in [4.78, 5) is 12.5. The number of hydrogen-bond acceptors (Lipinski definition) is 3. The van der Waals surface area contributed by atoms with Crippen LogP contribution in [0.1, 0.15) is 21.5 Å². The van der Waals surface area contributed by atoms with Crippen LogP contribution in [0.3, 0.4) is 0 Å². The number of amides is 1. The molecule has 1 heterocycles. The van der Waals surface area contributed by atoms with Crippen LogP contribution < -0.4 is 10.2 Å². The van der Waals surface area contributed by atoms with E-state index in [1.807, 2.05) is 48.7 Å². The molecule has 0 fully saturated rings. The van der Waals surface area contributed by atoms with E-state index in [-0.39, 0.29) is 5.91 Å². The van der Waals surface area contributed by atoms with Gasteiger partial charge in [-0.2, -0.15) is 5.10 Å². The highest BCUT2D eigenvalue weighted by molar-refractivity contribution is 6.42. The number of nitrogens with one attached hydrogen (secondary N) is 1. The Bertz CT molecular complexity index is 1280. The minimum Gasteiger partial charge on any atom is -0.496 e. The van der Waals surface area contributed by atoms with Gasteiger partial charge in [0.25, 0.3) is 5.91 Å². The van der Waals surface area contributed by atoms with E-state index in [0.29, 0.717) is 27.9 Å². The second-order valence-electron chi connectivity index (χ2n) is 6.88. The van der Waals surface area contributed by atoms with Crippen molar-refractivity contribution in [1.82, 2.24) is 9.99 Å². The van der Waals surface area contributed by atoms with Crippen LogP contribution in [-0.2, 0) is 6.54 Å². The fourth-order valence-electron chi connectivity index (χ4n) is 3.40. The van der Waals surface area contributed by atoms with Gasteiger partial charge in [0.1, 0.15) is 5.75 Å². The van der Waals surface area contributed by atoms with Gasteiger partial charge in [0.05, 0.1) is 28.9 Å². The van der Waals surface area contributed by atoms with Crippen molar-refractivity contribution in [2.75, 3.05) is 7.11 Å². The number of hydrogen-bond donors (Lipinski definition) is 1. The molecule has 1 amide bonds. The average Bonchev–Trinajstić information content (AvgIpc) is 3.13. The summed E-state index contributed by atoms with van der Waals surface area (Å²) in [7, 11) is 1.53. The zero-order valence-electron chi connectivity index (χ0n) is 16.7. The van der Waals surface area contributed by atoms with E-state index in [2.05, 4.69) is 15.1 Å². The smallest absolute Gasteiger partial charge is 0.275 e. The van der Waals surface area contributed by atoms with Gasteiger partial charge in [0, 0.05) is 29.2 Å². The van der Waals surface area contributed by atoms with Crippen LogP contribution in [0.25, 0.3) is 10.9 Å². The number of hydrazone groups is 1. The molecule has 0 spiro atoms. The minimum atomic E-state index is -0.340. The maximum absolute atomic E-state index is 12.5. The van der Waals surface area contributed by atoms with E-state index >= 15 is 0 Å². The molecular weight excluding hydrogens is 433 g/mol. The van der Waals surface area contributed by atoms with Crippen molar-refractivity contribution >= 4 is 46.2 Å². The molecule has 0 aliphatic rings. The summed E-state index contributed by atoms with van der Waals surface area (Å²) in [5, 5.41) is 6.24. The molecule has 0 bridgehead atoms. The molecule has 3 aromatic carbocycles. The number of methoxy groups -OCH3 is 1. The zero-order valence-corrected chi connectivity index (χ0v) is 18.2. The predicted octanol–water partition coefficient (Wildman–Crippen LogP) is 5.77. The largest absolute Gasteiger partial charge is 0.496 e. The van der Waals surface area contributed by atoms with Crippen molar-refractivity contribution in [2.24, 2.45) is 5.10 Å². The van der Waals surface area contributed by atoms with Gasteiger partial charge in [-0.15, -0.1) is 0 Å². The first-order valence-corrected chi connectivity index (χ1v) is 10.3. The van der Waals surface area contributed by atoms with Crippen LogP contribution >= 0.6 is 23.2 Å². The van der Waals surface area contributed by atoms with Crippen LogP contribution in [0.2, 0.25) is 10.0 Å². The zero-order chi connectivity index (χ0) is 21.8. The van der Waals surface area contributed by atoms with Crippen molar-refractivity contribution in [3.05, 3.63) is 99.7 Å². The van der Waals surface area contributed by atoms with Gasteiger partial charge in [0.15, 0.2) is 0 Å². The average molecular weight is 452 g/mol. The summed E-state index contributed by atoms with van der Waals surface area (Å²) in [6.07, 6.45) is 3.63. The summed E-state index contributed by atoms with van der Waals surface area (Å²) in [6, 6.07) is 20.6. The second kappa shape index (κ2) is 9.25. The summed E-state index contributed by atoms with van der Waals surface area (Å²) in [5.41, 5.74) is 5.95. The normalized spacial score (nSPS) is 11.2. The number of nitrogens with zero attached hydrogens (tertiary/aromatic N) is 2. The summed E-state index contributed by atoms with van der Waals surface area (Å²) in [5.74, 6) is 0.154. The highest BCUT2D eigenvalue weighted by atomic mass is 35.5. The first kappa shape index (κ1) is 21.0. The highest BCUT2D eigenvalue weighted by Crippen LogP contribution is 2.25. The Kier molecular flexibility index (Phi) is 6.26. The number of rotatable bonds is 6. The van der Waals surface area contributed by atoms with Crippen LogP contribution in [0.4, 0.5) is 0 Å². The Labute approximate surface area is 189 Å². The monoisotopic (exact) mass is 451 g/mol. The predicted molar refractivity (Wildman–Crippen MR) is 126 cm³/mol. The van der Waals surface area contributed by atoms with E-state index in [1.54, 1.807) is 30.5 Å². The van der Waals surface area contributed by atoms with E-state index in [9.17, 15) is 4.79 Å². The van der Waals surface area contributed by atoms with E-state index in [0.717, 1.165) is 22.0 Å². The molecule has 0 saturated carbocycles. The number of ether oxygens (including phenoxy) is 1. The molecule has 5 nitrogen and oxygen atoms in total. The van der Waals surface area contributed by atoms with Gasteiger partial charge in [0.2, 0.25) is 0 Å².